The van der Waals surface area contributed by atoms with E-state index in [4.69, 9.17) is 0 Å². The van der Waals surface area contributed by atoms with Gasteiger partial charge in [-0.05, 0) is 35.4 Å². The van der Waals surface area contributed by atoms with Crippen LogP contribution < -0.4 is 0 Å². The molecule has 0 bridgehead atoms. The van der Waals surface area contributed by atoms with Gasteiger partial charge in [-0.2, -0.15) is 42.1 Å². The standard InChI is InChI=1S/C30H8N8/c31-9-17-3-1-5-19(7-17)25-23(15-37)29-28(22(13-35)14-36)26(20-6-2-4-18(8-20)10-32)24(16-38)30(29)27(25)21(11-33)12-34/h1-8H. The summed E-state index contributed by atoms with van der Waals surface area (Å²) in [5, 5.41) is 78.9. The van der Waals surface area contributed by atoms with Gasteiger partial charge in [0.25, 0.3) is 0 Å². The minimum Gasteiger partial charge on any atom is -0.192 e. The van der Waals surface area contributed by atoms with Gasteiger partial charge in [0.05, 0.1) is 34.4 Å². The summed E-state index contributed by atoms with van der Waals surface area (Å²) in [7, 11) is 0. The quantitative estimate of drug-likeness (QED) is 0.552. The summed E-state index contributed by atoms with van der Waals surface area (Å²) in [4.78, 5) is 0. The Hall–Kier alpha value is -6.94. The maximum absolute atomic E-state index is 10.3. The van der Waals surface area contributed by atoms with Gasteiger partial charge in [-0.3, -0.25) is 0 Å². The molecule has 0 aromatic heterocycles. The molecule has 0 saturated heterocycles. The molecule has 0 atom stereocenters. The van der Waals surface area contributed by atoms with Crippen molar-refractivity contribution in [3.63, 3.8) is 0 Å². The molecule has 4 rings (SSSR count). The zero-order valence-electron chi connectivity index (χ0n) is 19.2. The van der Waals surface area contributed by atoms with E-state index < -0.39 is 11.1 Å². The Morgan fingerprint density at radius 1 is 0.447 bits per heavy atom. The summed E-state index contributed by atoms with van der Waals surface area (Å²) in [6.07, 6.45) is 0. The summed E-state index contributed by atoms with van der Waals surface area (Å²) in [6, 6.07) is 27.8. The minimum atomic E-state index is -0.394. The fraction of sp³-hybridized carbons (Fsp3) is 0. The molecule has 0 spiro atoms. The fourth-order valence-electron chi connectivity index (χ4n) is 4.56. The second-order valence-corrected chi connectivity index (χ2v) is 7.81. The van der Waals surface area contributed by atoms with Crippen molar-refractivity contribution < 1.29 is 0 Å². The Bertz CT molecular complexity index is 1810. The van der Waals surface area contributed by atoms with E-state index in [0.29, 0.717) is 11.1 Å². The third kappa shape index (κ3) is 3.48. The normalized spacial score (nSPS) is 13.2. The molecular formula is C30H8N8. The van der Waals surface area contributed by atoms with Crippen LogP contribution in [0.15, 0.2) is 93.1 Å². The lowest BCUT2D eigenvalue weighted by Crippen LogP contribution is -2.01. The summed E-state index contributed by atoms with van der Waals surface area (Å²) in [5.41, 5.74) is 0.663. The van der Waals surface area contributed by atoms with E-state index in [-0.39, 0.29) is 55.7 Å². The van der Waals surface area contributed by atoms with Crippen molar-refractivity contribution in [3.8, 4) is 48.6 Å². The Kier molecular flexibility index (Phi) is 6.20. The van der Waals surface area contributed by atoms with E-state index in [9.17, 15) is 42.1 Å². The van der Waals surface area contributed by atoms with Gasteiger partial charge >= 0.3 is 0 Å². The van der Waals surface area contributed by atoms with Gasteiger partial charge < -0.3 is 0 Å². The second-order valence-electron chi connectivity index (χ2n) is 7.81. The van der Waals surface area contributed by atoms with E-state index >= 15 is 0 Å². The van der Waals surface area contributed by atoms with Crippen LogP contribution >= 0.6 is 0 Å². The highest BCUT2D eigenvalue weighted by Gasteiger charge is 2.44. The predicted octanol–water partition coefficient (Wildman–Crippen LogP) is 4.70. The minimum absolute atomic E-state index is 0.00708. The molecule has 0 unspecified atom stereocenters. The summed E-state index contributed by atoms with van der Waals surface area (Å²) >= 11 is 0. The molecule has 8 heteroatoms. The number of nitriles is 8. The average Bonchev–Trinajstić information content (AvgIpc) is 3.47. The number of hydrogen-bond acceptors (Lipinski definition) is 8. The Morgan fingerprint density at radius 2 is 0.816 bits per heavy atom. The highest BCUT2D eigenvalue weighted by atomic mass is 14.5. The zero-order chi connectivity index (χ0) is 27.4. The molecule has 0 heterocycles. The number of benzene rings is 2. The van der Waals surface area contributed by atoms with Crippen molar-refractivity contribution in [2.75, 3.05) is 0 Å². The van der Waals surface area contributed by atoms with Gasteiger partial charge in [-0.1, -0.05) is 24.3 Å². The molecule has 2 aromatic carbocycles. The third-order valence-electron chi connectivity index (χ3n) is 5.98. The van der Waals surface area contributed by atoms with Crippen molar-refractivity contribution in [1.29, 1.82) is 42.1 Å². The third-order valence-corrected chi connectivity index (χ3v) is 5.98. The molecule has 2 aliphatic carbocycles. The lowest BCUT2D eigenvalue weighted by atomic mass is 9.84. The van der Waals surface area contributed by atoms with Gasteiger partial charge in [0, 0.05) is 33.4 Å². The van der Waals surface area contributed by atoms with Crippen LogP contribution in [0.2, 0.25) is 0 Å². The zero-order valence-corrected chi connectivity index (χ0v) is 19.2. The van der Waals surface area contributed by atoms with Crippen LogP contribution in [0.3, 0.4) is 0 Å². The molecule has 38 heavy (non-hydrogen) atoms. The maximum atomic E-state index is 10.3. The topological polar surface area (TPSA) is 190 Å². The lowest BCUT2D eigenvalue weighted by Gasteiger charge is -2.15. The van der Waals surface area contributed by atoms with Crippen LogP contribution in [0.1, 0.15) is 22.3 Å². The van der Waals surface area contributed by atoms with Crippen molar-refractivity contribution in [2.45, 2.75) is 0 Å². The highest BCUT2D eigenvalue weighted by molar-refractivity contribution is 6.11. The number of rotatable bonds is 2. The van der Waals surface area contributed by atoms with Crippen LogP contribution in [0.25, 0.3) is 11.1 Å². The van der Waals surface area contributed by atoms with Crippen molar-refractivity contribution in [3.05, 3.63) is 115 Å². The molecule has 0 N–H and O–H groups in total. The van der Waals surface area contributed by atoms with Gasteiger partial charge in [0.15, 0.2) is 0 Å². The summed E-state index contributed by atoms with van der Waals surface area (Å²) in [5.74, 6) is 0. The van der Waals surface area contributed by atoms with Crippen molar-refractivity contribution >= 4 is 11.1 Å². The molecular weight excluding hydrogens is 472 g/mol. The molecule has 0 aliphatic heterocycles. The van der Waals surface area contributed by atoms with E-state index in [1.54, 1.807) is 36.4 Å². The molecule has 0 amide bonds. The summed E-state index contributed by atoms with van der Waals surface area (Å²) in [6.45, 7) is 0. The SMILES string of the molecule is N#CC(C#N)=C1C2=C(C(C#N)=C1c1cccc(C#N)c1)C(=C(C#N)C#N)C(c1cccc(C#N)c1)=C2C#N. The largest absolute Gasteiger partial charge is 0.192 e. The van der Waals surface area contributed by atoms with Crippen LogP contribution in [-0.4, -0.2) is 0 Å². The molecule has 2 aliphatic rings. The smallest absolute Gasteiger partial charge is 0.138 e. The average molecular weight is 480 g/mol. The Balaban J connectivity index is 2.25. The van der Waals surface area contributed by atoms with E-state index in [1.165, 1.54) is 12.1 Å². The first-order chi connectivity index (χ1) is 18.5. The monoisotopic (exact) mass is 480 g/mol. The molecule has 168 valence electrons. The Morgan fingerprint density at radius 3 is 1.11 bits per heavy atom. The van der Waals surface area contributed by atoms with E-state index in [0.717, 1.165) is 0 Å². The van der Waals surface area contributed by atoms with Gasteiger partial charge in [-0.25, -0.2) is 0 Å². The first-order valence-corrected chi connectivity index (χ1v) is 10.7. The first-order valence-electron chi connectivity index (χ1n) is 10.7. The summed E-state index contributed by atoms with van der Waals surface area (Å²) < 4.78 is 0. The van der Waals surface area contributed by atoms with Gasteiger partial charge in [0.1, 0.15) is 47.6 Å². The predicted molar refractivity (Wildman–Crippen MR) is 131 cm³/mol. The Labute approximate surface area is 217 Å². The van der Waals surface area contributed by atoms with Gasteiger partial charge in [0.2, 0.25) is 0 Å². The molecule has 0 fully saturated rings. The highest BCUT2D eigenvalue weighted by Crippen LogP contribution is 2.57. The number of hydrogen-bond donors (Lipinski definition) is 0. The molecule has 0 saturated carbocycles. The van der Waals surface area contributed by atoms with E-state index in [1.807, 2.05) is 36.4 Å². The fourth-order valence-corrected chi connectivity index (χ4v) is 4.56. The maximum Gasteiger partial charge on any atom is 0.138 e. The van der Waals surface area contributed by atoms with Crippen LogP contribution in [0.4, 0.5) is 0 Å². The van der Waals surface area contributed by atoms with E-state index in [2.05, 4.69) is 12.1 Å². The second kappa shape index (κ2) is 9.74. The first kappa shape index (κ1) is 24.2. The lowest BCUT2D eigenvalue weighted by molar-refractivity contribution is 1.40. The number of allylic oxidation sites excluding steroid dienone is 10. The van der Waals surface area contributed by atoms with Crippen molar-refractivity contribution in [2.24, 2.45) is 0 Å². The van der Waals surface area contributed by atoms with Gasteiger partial charge in [-0.15, -0.1) is 0 Å². The molecule has 8 nitrogen and oxygen atoms in total. The molecule has 2 aromatic rings. The molecule has 0 radical (unpaired) electrons. The van der Waals surface area contributed by atoms with Crippen LogP contribution in [0.5, 0.6) is 0 Å². The van der Waals surface area contributed by atoms with Crippen molar-refractivity contribution in [1.82, 2.24) is 0 Å². The van der Waals surface area contributed by atoms with Crippen LogP contribution in [-0.2, 0) is 0 Å². The number of nitrogens with zero attached hydrogens (tertiary/aromatic N) is 8. The van der Waals surface area contributed by atoms with Crippen LogP contribution in [0, 0.1) is 90.6 Å².